The number of anilines is 1. The zero-order valence-corrected chi connectivity index (χ0v) is 15.7. The quantitative estimate of drug-likeness (QED) is 0.833. The highest BCUT2D eigenvalue weighted by Crippen LogP contribution is 2.17. The highest BCUT2D eigenvalue weighted by molar-refractivity contribution is 5.94. The van der Waals surface area contributed by atoms with Gasteiger partial charge in [-0.1, -0.05) is 36.4 Å². The number of nitrogens with zero attached hydrogens (tertiary/aromatic N) is 3. The Kier molecular flexibility index (Phi) is 5.70. The normalized spacial score (nSPS) is 21.3. The maximum absolute atomic E-state index is 12.7. The smallest absolute Gasteiger partial charge is 0.254 e. The van der Waals surface area contributed by atoms with E-state index in [0.29, 0.717) is 19.7 Å². The molecular formula is C22H27N3O2. The number of piperazine rings is 1. The second kappa shape index (κ2) is 8.55. The molecule has 5 heteroatoms. The molecule has 2 aromatic rings. The third-order valence-corrected chi connectivity index (χ3v) is 5.40. The number of para-hydroxylation sites is 1. The summed E-state index contributed by atoms with van der Waals surface area (Å²) in [6, 6.07) is 20.1. The van der Waals surface area contributed by atoms with Crippen LogP contribution in [0.2, 0.25) is 0 Å². The first-order valence-corrected chi connectivity index (χ1v) is 9.78. The van der Waals surface area contributed by atoms with Gasteiger partial charge in [-0.15, -0.1) is 0 Å². The Balaban J connectivity index is 1.28. The van der Waals surface area contributed by atoms with Gasteiger partial charge in [0.25, 0.3) is 5.91 Å². The maximum Gasteiger partial charge on any atom is 0.254 e. The van der Waals surface area contributed by atoms with Gasteiger partial charge >= 0.3 is 0 Å². The van der Waals surface area contributed by atoms with Gasteiger partial charge < -0.3 is 14.5 Å². The van der Waals surface area contributed by atoms with E-state index in [1.165, 1.54) is 5.69 Å². The molecule has 0 aromatic heterocycles. The molecule has 2 aliphatic rings. The minimum Gasteiger partial charge on any atom is -0.373 e. The van der Waals surface area contributed by atoms with Crippen molar-refractivity contribution in [2.75, 3.05) is 57.3 Å². The zero-order chi connectivity index (χ0) is 18.5. The Bertz CT molecular complexity index is 730. The number of ether oxygens (including phenoxy) is 1. The summed E-state index contributed by atoms with van der Waals surface area (Å²) in [4.78, 5) is 19.5. The number of hydrogen-bond donors (Lipinski definition) is 0. The summed E-state index contributed by atoms with van der Waals surface area (Å²) >= 11 is 0. The van der Waals surface area contributed by atoms with Crippen molar-refractivity contribution >= 4 is 11.6 Å². The molecule has 2 heterocycles. The van der Waals surface area contributed by atoms with Gasteiger partial charge in [-0.3, -0.25) is 9.69 Å². The topological polar surface area (TPSA) is 36.0 Å². The van der Waals surface area contributed by atoms with Crippen LogP contribution in [-0.4, -0.2) is 74.2 Å². The molecule has 5 nitrogen and oxygen atoms in total. The number of rotatable bonds is 4. The van der Waals surface area contributed by atoms with Gasteiger partial charge in [-0.05, 0) is 24.3 Å². The average Bonchev–Trinajstić information content (AvgIpc) is 2.75. The van der Waals surface area contributed by atoms with Crippen LogP contribution in [0.15, 0.2) is 60.7 Å². The van der Waals surface area contributed by atoms with Crippen LogP contribution in [0.5, 0.6) is 0 Å². The molecule has 0 spiro atoms. The summed E-state index contributed by atoms with van der Waals surface area (Å²) in [5.41, 5.74) is 2.06. The Morgan fingerprint density at radius 1 is 0.889 bits per heavy atom. The molecule has 1 atom stereocenters. The van der Waals surface area contributed by atoms with Gasteiger partial charge in [-0.2, -0.15) is 0 Å². The first-order valence-electron chi connectivity index (χ1n) is 9.78. The molecular weight excluding hydrogens is 338 g/mol. The van der Waals surface area contributed by atoms with Crippen LogP contribution in [0.3, 0.4) is 0 Å². The molecule has 0 aliphatic carbocycles. The van der Waals surface area contributed by atoms with Gasteiger partial charge in [0.2, 0.25) is 0 Å². The highest BCUT2D eigenvalue weighted by atomic mass is 16.5. The predicted molar refractivity (Wildman–Crippen MR) is 107 cm³/mol. The molecule has 27 heavy (non-hydrogen) atoms. The monoisotopic (exact) mass is 365 g/mol. The summed E-state index contributed by atoms with van der Waals surface area (Å²) in [6.45, 7) is 6.97. The third-order valence-electron chi connectivity index (χ3n) is 5.40. The lowest BCUT2D eigenvalue weighted by atomic mass is 10.1. The standard InChI is InChI=1S/C22H27N3O2/c26-22(19-7-3-1-4-8-19)25-15-16-27-21(18-25)17-23-11-13-24(14-12-23)20-9-5-2-6-10-20/h1-10,21H,11-18H2. The van der Waals surface area contributed by atoms with Crippen LogP contribution in [-0.2, 0) is 4.74 Å². The summed E-state index contributed by atoms with van der Waals surface area (Å²) in [7, 11) is 0. The lowest BCUT2D eigenvalue weighted by Gasteiger charge is -2.40. The number of benzene rings is 2. The van der Waals surface area contributed by atoms with Crippen molar-refractivity contribution in [3.8, 4) is 0 Å². The van der Waals surface area contributed by atoms with Gasteiger partial charge in [0, 0.05) is 57.1 Å². The minimum atomic E-state index is 0.0923. The maximum atomic E-state index is 12.7. The fourth-order valence-electron chi connectivity index (χ4n) is 3.89. The van der Waals surface area contributed by atoms with E-state index < -0.39 is 0 Å². The van der Waals surface area contributed by atoms with Crippen molar-refractivity contribution in [1.82, 2.24) is 9.80 Å². The van der Waals surface area contributed by atoms with Gasteiger partial charge in [-0.25, -0.2) is 0 Å². The van der Waals surface area contributed by atoms with Crippen molar-refractivity contribution < 1.29 is 9.53 Å². The number of morpholine rings is 1. The summed E-state index contributed by atoms with van der Waals surface area (Å²) in [5.74, 6) is 0.109. The highest BCUT2D eigenvalue weighted by Gasteiger charge is 2.27. The van der Waals surface area contributed by atoms with E-state index in [0.717, 1.165) is 38.3 Å². The Morgan fingerprint density at radius 2 is 1.56 bits per heavy atom. The predicted octanol–water partition coefficient (Wildman–Crippen LogP) is 2.35. The Morgan fingerprint density at radius 3 is 2.26 bits per heavy atom. The second-order valence-electron chi connectivity index (χ2n) is 7.23. The number of carbonyl (C=O) groups is 1. The molecule has 2 aromatic carbocycles. The minimum absolute atomic E-state index is 0.0923. The zero-order valence-electron chi connectivity index (χ0n) is 15.7. The summed E-state index contributed by atoms with van der Waals surface area (Å²) < 4.78 is 5.96. The van der Waals surface area contributed by atoms with Crippen LogP contribution in [0.25, 0.3) is 0 Å². The third kappa shape index (κ3) is 4.49. The fourth-order valence-corrected chi connectivity index (χ4v) is 3.89. The van der Waals surface area contributed by atoms with E-state index >= 15 is 0 Å². The molecule has 0 N–H and O–H groups in total. The van der Waals surface area contributed by atoms with Crippen LogP contribution < -0.4 is 4.90 Å². The van der Waals surface area contributed by atoms with Crippen LogP contribution in [0, 0.1) is 0 Å². The van der Waals surface area contributed by atoms with Crippen molar-refractivity contribution in [3.05, 3.63) is 66.2 Å². The largest absolute Gasteiger partial charge is 0.373 e. The lowest BCUT2D eigenvalue weighted by Crippen LogP contribution is -2.53. The van der Waals surface area contributed by atoms with Crippen molar-refractivity contribution in [1.29, 1.82) is 0 Å². The summed E-state index contributed by atoms with van der Waals surface area (Å²) in [5, 5.41) is 0. The van der Waals surface area contributed by atoms with E-state index in [-0.39, 0.29) is 12.0 Å². The molecule has 0 saturated carbocycles. The molecule has 0 radical (unpaired) electrons. The van der Waals surface area contributed by atoms with Crippen LogP contribution in [0.1, 0.15) is 10.4 Å². The van der Waals surface area contributed by atoms with Crippen molar-refractivity contribution in [2.24, 2.45) is 0 Å². The first-order chi connectivity index (χ1) is 13.3. The number of amides is 1. The van der Waals surface area contributed by atoms with E-state index in [9.17, 15) is 4.79 Å². The van der Waals surface area contributed by atoms with Gasteiger partial charge in [0.05, 0.1) is 12.7 Å². The SMILES string of the molecule is O=C(c1ccccc1)N1CCOC(CN2CCN(c3ccccc3)CC2)C1. The molecule has 2 aliphatic heterocycles. The second-order valence-corrected chi connectivity index (χ2v) is 7.23. The number of hydrogen-bond acceptors (Lipinski definition) is 4. The molecule has 0 bridgehead atoms. The van der Waals surface area contributed by atoms with E-state index in [4.69, 9.17) is 4.74 Å². The molecule has 2 fully saturated rings. The van der Waals surface area contributed by atoms with Crippen LogP contribution in [0.4, 0.5) is 5.69 Å². The Labute approximate surface area is 161 Å². The fraction of sp³-hybridized carbons (Fsp3) is 0.409. The molecule has 1 amide bonds. The average molecular weight is 365 g/mol. The lowest BCUT2D eigenvalue weighted by molar-refractivity contribution is -0.0363. The van der Waals surface area contributed by atoms with Crippen molar-refractivity contribution in [2.45, 2.75) is 6.10 Å². The summed E-state index contributed by atoms with van der Waals surface area (Å²) in [6.07, 6.45) is 0.0923. The van der Waals surface area contributed by atoms with E-state index in [2.05, 4.69) is 40.1 Å². The molecule has 1 unspecified atom stereocenters. The van der Waals surface area contributed by atoms with E-state index in [1.54, 1.807) is 0 Å². The van der Waals surface area contributed by atoms with Gasteiger partial charge in [0.15, 0.2) is 0 Å². The molecule has 4 rings (SSSR count). The Hall–Kier alpha value is -2.37. The van der Waals surface area contributed by atoms with Crippen molar-refractivity contribution in [3.63, 3.8) is 0 Å². The van der Waals surface area contributed by atoms with E-state index in [1.807, 2.05) is 35.2 Å². The van der Waals surface area contributed by atoms with Crippen LogP contribution >= 0.6 is 0 Å². The van der Waals surface area contributed by atoms with Gasteiger partial charge in [0.1, 0.15) is 0 Å². The number of carbonyl (C=O) groups excluding carboxylic acids is 1. The first kappa shape index (κ1) is 18.0. The molecule has 2 saturated heterocycles. The molecule has 142 valence electrons.